The third kappa shape index (κ3) is 4.17. The maximum Gasteiger partial charge on any atom is 0.320 e. The molecule has 4 aliphatic heterocycles. The number of benzene rings is 2. The van der Waals surface area contributed by atoms with E-state index in [0.29, 0.717) is 54.1 Å². The fraction of sp³-hybridized carbons (Fsp3) is 0.438. The van der Waals surface area contributed by atoms with Gasteiger partial charge in [0.2, 0.25) is 0 Å². The lowest BCUT2D eigenvalue weighted by Gasteiger charge is -2.34. The third-order valence-corrected chi connectivity index (χ3v) is 9.54. The molecule has 0 aliphatic carbocycles. The predicted molar refractivity (Wildman–Crippen MR) is 157 cm³/mol. The van der Waals surface area contributed by atoms with Crippen LogP contribution in [0.15, 0.2) is 36.5 Å². The van der Waals surface area contributed by atoms with Crippen LogP contribution in [0.3, 0.4) is 0 Å². The van der Waals surface area contributed by atoms with Crippen molar-refractivity contribution in [3.63, 3.8) is 0 Å². The van der Waals surface area contributed by atoms with Crippen molar-refractivity contribution in [3.8, 4) is 29.7 Å². The first-order chi connectivity index (χ1) is 20.5. The van der Waals surface area contributed by atoms with Crippen LogP contribution in [0.4, 0.5) is 14.6 Å². The number of piperazine rings is 1. The van der Waals surface area contributed by atoms with Crippen LogP contribution in [0.2, 0.25) is 0 Å². The topological polar surface area (TPSA) is 79.3 Å². The van der Waals surface area contributed by atoms with Crippen LogP contribution in [-0.4, -0.2) is 81.4 Å². The molecule has 3 unspecified atom stereocenters. The molecule has 8 rings (SSSR count). The Morgan fingerprint density at radius 1 is 1.10 bits per heavy atom. The highest BCUT2D eigenvalue weighted by molar-refractivity contribution is 6.00. The van der Waals surface area contributed by atoms with Gasteiger partial charge in [0, 0.05) is 55.3 Å². The number of nitrogens with zero attached hydrogens (tertiary/aromatic N) is 6. The quantitative estimate of drug-likeness (QED) is 0.359. The minimum absolute atomic E-state index is 0.179. The van der Waals surface area contributed by atoms with Crippen LogP contribution >= 0.6 is 0 Å². The van der Waals surface area contributed by atoms with Gasteiger partial charge in [-0.25, -0.2) is 18.7 Å². The van der Waals surface area contributed by atoms with Crippen LogP contribution in [0.5, 0.6) is 6.01 Å². The number of rotatable bonds is 5. The lowest BCUT2D eigenvalue weighted by molar-refractivity contribution is 0.107. The highest BCUT2D eigenvalue weighted by Gasteiger charge is 2.49. The Morgan fingerprint density at radius 3 is 2.79 bits per heavy atom. The molecular formula is C32H31F2N7O. The number of hydrogen-bond acceptors (Lipinski definition) is 8. The van der Waals surface area contributed by atoms with Gasteiger partial charge in [0.15, 0.2) is 11.5 Å². The molecule has 42 heavy (non-hydrogen) atoms. The highest BCUT2D eigenvalue weighted by Crippen LogP contribution is 2.41. The molecule has 4 fully saturated rings. The van der Waals surface area contributed by atoms with E-state index in [9.17, 15) is 8.78 Å². The van der Waals surface area contributed by atoms with Gasteiger partial charge in [0.1, 0.15) is 24.4 Å². The van der Waals surface area contributed by atoms with Crippen LogP contribution in [-0.2, 0) is 0 Å². The van der Waals surface area contributed by atoms with Crippen molar-refractivity contribution in [2.45, 2.75) is 55.9 Å². The van der Waals surface area contributed by atoms with Gasteiger partial charge in [-0.05, 0) is 43.7 Å². The molecule has 4 saturated heterocycles. The van der Waals surface area contributed by atoms with Crippen LogP contribution < -0.4 is 15.0 Å². The first-order valence-corrected chi connectivity index (χ1v) is 14.8. The lowest BCUT2D eigenvalue weighted by atomic mass is 9.95. The molecule has 2 aromatic carbocycles. The molecule has 214 valence electrons. The van der Waals surface area contributed by atoms with Crippen LogP contribution in [0, 0.1) is 18.2 Å². The van der Waals surface area contributed by atoms with Crippen LogP contribution in [0.1, 0.15) is 37.7 Å². The largest absolute Gasteiger partial charge is 0.461 e. The molecular weight excluding hydrogens is 536 g/mol. The molecule has 0 radical (unpaired) electrons. The van der Waals surface area contributed by atoms with Crippen molar-refractivity contribution < 1.29 is 13.5 Å². The van der Waals surface area contributed by atoms with E-state index in [-0.39, 0.29) is 17.1 Å². The molecule has 4 atom stereocenters. The minimum Gasteiger partial charge on any atom is -0.461 e. The maximum absolute atomic E-state index is 14.7. The second kappa shape index (κ2) is 9.82. The van der Waals surface area contributed by atoms with E-state index in [1.807, 2.05) is 18.2 Å². The number of halogens is 2. The lowest BCUT2D eigenvalue weighted by Crippen LogP contribution is -2.51. The fourth-order valence-corrected chi connectivity index (χ4v) is 7.62. The Labute approximate surface area is 242 Å². The van der Waals surface area contributed by atoms with Gasteiger partial charge in [-0.1, -0.05) is 30.2 Å². The van der Waals surface area contributed by atoms with Gasteiger partial charge in [0.05, 0.1) is 16.5 Å². The van der Waals surface area contributed by atoms with Gasteiger partial charge in [0.25, 0.3) is 0 Å². The zero-order chi connectivity index (χ0) is 28.4. The van der Waals surface area contributed by atoms with E-state index in [2.05, 4.69) is 21.0 Å². The molecule has 2 bridgehead atoms. The normalized spacial score (nSPS) is 27.1. The van der Waals surface area contributed by atoms with E-state index in [0.717, 1.165) is 61.9 Å². The molecule has 1 N–H and O–H groups in total. The van der Waals surface area contributed by atoms with E-state index >= 15 is 0 Å². The number of aromatic nitrogens is 4. The summed E-state index contributed by atoms with van der Waals surface area (Å²) >= 11 is 0. The number of nitrogens with one attached hydrogen (secondary N) is 1. The summed E-state index contributed by atoms with van der Waals surface area (Å²) in [6.45, 7) is 3.31. The third-order valence-electron chi connectivity index (χ3n) is 9.54. The van der Waals surface area contributed by atoms with Crippen molar-refractivity contribution >= 4 is 27.6 Å². The van der Waals surface area contributed by atoms with Gasteiger partial charge in [-0.3, -0.25) is 4.90 Å². The van der Waals surface area contributed by atoms with Crippen molar-refractivity contribution in [3.05, 3.63) is 47.9 Å². The first kappa shape index (κ1) is 25.7. The predicted octanol–water partition coefficient (Wildman–Crippen LogP) is 4.26. The molecule has 8 nitrogen and oxygen atoms in total. The van der Waals surface area contributed by atoms with Gasteiger partial charge in [-0.2, -0.15) is 9.97 Å². The molecule has 4 aliphatic rings. The van der Waals surface area contributed by atoms with Crippen LogP contribution in [0.25, 0.3) is 33.2 Å². The highest BCUT2D eigenvalue weighted by atomic mass is 19.1. The summed E-state index contributed by atoms with van der Waals surface area (Å²) in [6, 6.07) is 9.73. The Balaban J connectivity index is 1.23. The van der Waals surface area contributed by atoms with E-state index in [1.165, 1.54) is 6.07 Å². The van der Waals surface area contributed by atoms with E-state index in [4.69, 9.17) is 31.1 Å². The monoisotopic (exact) mass is 567 g/mol. The van der Waals surface area contributed by atoms with E-state index in [1.54, 1.807) is 12.3 Å². The second-order valence-electron chi connectivity index (χ2n) is 12.1. The SMILES string of the molecule is C#Cc1c(F)ccc2cccc(-c3ncc4c(N5CC6CCC(C5)N6)nc(OCC56CCCN5C[C@H](F)C6)nc4n3)c12. The van der Waals surface area contributed by atoms with E-state index < -0.39 is 12.0 Å². The van der Waals surface area contributed by atoms with Gasteiger partial charge >= 0.3 is 6.01 Å². The molecule has 6 heterocycles. The Morgan fingerprint density at radius 2 is 1.95 bits per heavy atom. The average molecular weight is 568 g/mol. The van der Waals surface area contributed by atoms with Gasteiger partial charge in [-0.15, -0.1) is 6.42 Å². The van der Waals surface area contributed by atoms with Gasteiger partial charge < -0.3 is 15.0 Å². The Bertz CT molecular complexity index is 1750. The zero-order valence-electron chi connectivity index (χ0n) is 23.2. The standard InChI is InChI=1S/C32H31F2N7O/c1-2-23-26(34)10-7-19-5-3-6-24(27(19)23)28-35-14-25-29(37-28)38-31(39-30(25)40-16-21-8-9-22(17-40)36-21)42-18-32-11-4-12-41(32)15-20(33)13-32/h1,3,5-7,10,14,20-22,36H,4,8-9,11-13,15-18H2/t20-,21?,22?,32?/m1/s1. The minimum atomic E-state index is -0.841. The summed E-state index contributed by atoms with van der Waals surface area (Å²) in [5.74, 6) is 3.17. The zero-order valence-corrected chi connectivity index (χ0v) is 23.2. The molecule has 10 heteroatoms. The average Bonchev–Trinajstić information content (AvgIpc) is 3.65. The summed E-state index contributed by atoms with van der Waals surface area (Å²) in [5.41, 5.74) is 0.933. The maximum atomic E-state index is 14.7. The number of ether oxygens (including phenoxy) is 1. The number of fused-ring (bicyclic) bond motifs is 5. The van der Waals surface area contributed by atoms with Crippen molar-refractivity contribution in [2.75, 3.05) is 37.7 Å². The second-order valence-corrected chi connectivity index (χ2v) is 12.1. The number of alkyl halides is 1. The Kier molecular flexibility index (Phi) is 6.02. The molecule has 0 saturated carbocycles. The summed E-state index contributed by atoms with van der Waals surface area (Å²) < 4.78 is 35.4. The van der Waals surface area contributed by atoms with Crippen molar-refractivity contribution in [1.29, 1.82) is 0 Å². The summed E-state index contributed by atoms with van der Waals surface area (Å²) in [4.78, 5) is 23.7. The summed E-state index contributed by atoms with van der Waals surface area (Å²) in [7, 11) is 0. The fourth-order valence-electron chi connectivity index (χ4n) is 7.62. The molecule has 2 aromatic heterocycles. The smallest absolute Gasteiger partial charge is 0.320 e. The number of anilines is 1. The van der Waals surface area contributed by atoms with Crippen molar-refractivity contribution in [1.82, 2.24) is 30.2 Å². The first-order valence-electron chi connectivity index (χ1n) is 14.8. The Hall–Kier alpha value is -3.94. The molecule has 0 amide bonds. The number of hydrogen-bond donors (Lipinski definition) is 1. The van der Waals surface area contributed by atoms with Crippen molar-refractivity contribution in [2.24, 2.45) is 0 Å². The number of terminal acetylenes is 1. The molecule has 4 aromatic rings. The summed E-state index contributed by atoms with van der Waals surface area (Å²) in [5, 5.41) is 5.79. The molecule has 0 spiro atoms. The summed E-state index contributed by atoms with van der Waals surface area (Å²) in [6.07, 6.45) is 11.3.